The molecule has 1 aromatic rings. The average Bonchev–Trinajstić information content (AvgIpc) is 2.62. The Hall–Kier alpha value is -0.380. The lowest BCUT2D eigenvalue weighted by molar-refractivity contribution is 0.227. The molecule has 92 valence electrons. The van der Waals surface area contributed by atoms with Crippen molar-refractivity contribution >= 4 is 11.3 Å². The maximum Gasteiger partial charge on any atom is 0.0300 e. The molecule has 3 heteroatoms. The first-order valence-electron chi connectivity index (χ1n) is 5.89. The Morgan fingerprint density at radius 1 is 1.38 bits per heavy atom. The highest BCUT2D eigenvalue weighted by atomic mass is 32.1. The van der Waals surface area contributed by atoms with Crippen molar-refractivity contribution in [2.24, 2.45) is 5.41 Å². The lowest BCUT2D eigenvalue weighted by Crippen LogP contribution is -2.34. The van der Waals surface area contributed by atoms with Crippen molar-refractivity contribution < 1.29 is 0 Å². The van der Waals surface area contributed by atoms with Gasteiger partial charge in [0.25, 0.3) is 0 Å². The zero-order chi connectivity index (χ0) is 12.0. The second-order valence-corrected chi connectivity index (χ2v) is 6.59. The van der Waals surface area contributed by atoms with Gasteiger partial charge in [-0.25, -0.2) is 0 Å². The van der Waals surface area contributed by atoms with Crippen LogP contribution in [0, 0.1) is 5.41 Å². The molecule has 1 rings (SSSR count). The molecule has 0 amide bonds. The summed E-state index contributed by atoms with van der Waals surface area (Å²) in [5.41, 5.74) is 0.391. The van der Waals surface area contributed by atoms with Gasteiger partial charge in [-0.2, -0.15) is 0 Å². The Bertz CT molecular complexity index is 275. The summed E-state index contributed by atoms with van der Waals surface area (Å²) in [6.45, 7) is 11.2. The molecule has 0 aliphatic rings. The molecule has 1 heterocycles. The minimum atomic E-state index is 0.391. The maximum atomic E-state index is 3.47. The number of likely N-dealkylation sites (N-methyl/N-ethyl adjacent to an activating group) is 1. The minimum Gasteiger partial charge on any atom is -0.311 e. The standard InChI is InChI=1S/C13H24N2S/c1-13(2,3)11-15(4)8-7-14-10-12-6-5-9-16-12/h5-6,9,14H,7-8,10-11H2,1-4H3. The van der Waals surface area contributed by atoms with Crippen molar-refractivity contribution in [1.82, 2.24) is 10.2 Å². The molecule has 0 aliphatic carbocycles. The molecule has 0 spiro atoms. The second kappa shape index (κ2) is 6.38. The predicted molar refractivity (Wildman–Crippen MR) is 73.0 cm³/mol. The van der Waals surface area contributed by atoms with Crippen LogP contribution in [0.1, 0.15) is 25.6 Å². The van der Waals surface area contributed by atoms with Crippen molar-refractivity contribution in [2.75, 3.05) is 26.7 Å². The summed E-state index contributed by atoms with van der Waals surface area (Å²) in [6, 6.07) is 4.28. The van der Waals surface area contributed by atoms with Gasteiger partial charge in [0.2, 0.25) is 0 Å². The van der Waals surface area contributed by atoms with Crippen LogP contribution in [0.25, 0.3) is 0 Å². The quantitative estimate of drug-likeness (QED) is 0.769. The molecule has 2 nitrogen and oxygen atoms in total. The van der Waals surface area contributed by atoms with Gasteiger partial charge in [-0.1, -0.05) is 26.8 Å². The fourth-order valence-electron chi connectivity index (χ4n) is 1.78. The molecular weight excluding hydrogens is 216 g/mol. The maximum absolute atomic E-state index is 3.47. The summed E-state index contributed by atoms with van der Waals surface area (Å²) in [5, 5.41) is 5.60. The SMILES string of the molecule is CN(CCNCc1cccs1)CC(C)(C)C. The van der Waals surface area contributed by atoms with E-state index in [1.54, 1.807) is 0 Å². The van der Waals surface area contributed by atoms with E-state index in [4.69, 9.17) is 0 Å². The number of nitrogens with zero attached hydrogens (tertiary/aromatic N) is 1. The van der Waals surface area contributed by atoms with E-state index in [2.05, 4.69) is 55.5 Å². The fourth-order valence-corrected chi connectivity index (χ4v) is 2.46. The summed E-state index contributed by atoms with van der Waals surface area (Å²) >= 11 is 1.82. The largest absolute Gasteiger partial charge is 0.311 e. The van der Waals surface area contributed by atoms with Gasteiger partial charge in [-0.15, -0.1) is 11.3 Å². The van der Waals surface area contributed by atoms with E-state index in [1.165, 1.54) is 4.88 Å². The van der Waals surface area contributed by atoms with E-state index in [0.717, 1.165) is 26.2 Å². The summed E-state index contributed by atoms with van der Waals surface area (Å²) in [7, 11) is 2.19. The molecule has 1 aromatic heterocycles. The van der Waals surface area contributed by atoms with Crippen molar-refractivity contribution in [3.8, 4) is 0 Å². The molecule has 0 bridgehead atoms. The topological polar surface area (TPSA) is 15.3 Å². The van der Waals surface area contributed by atoms with Crippen LogP contribution < -0.4 is 5.32 Å². The number of hydrogen-bond acceptors (Lipinski definition) is 3. The van der Waals surface area contributed by atoms with E-state index < -0.39 is 0 Å². The van der Waals surface area contributed by atoms with Gasteiger partial charge in [0.1, 0.15) is 0 Å². The third-order valence-corrected chi connectivity index (χ3v) is 3.17. The molecule has 1 N–H and O–H groups in total. The van der Waals surface area contributed by atoms with Crippen LogP contribution in [0.2, 0.25) is 0 Å². The summed E-state index contributed by atoms with van der Waals surface area (Å²) in [4.78, 5) is 3.81. The highest BCUT2D eigenvalue weighted by molar-refractivity contribution is 7.09. The van der Waals surface area contributed by atoms with Gasteiger partial charge in [0.15, 0.2) is 0 Å². The van der Waals surface area contributed by atoms with Crippen LogP contribution in [0.3, 0.4) is 0 Å². The Balaban J connectivity index is 2.07. The summed E-state index contributed by atoms with van der Waals surface area (Å²) in [5.74, 6) is 0. The van der Waals surface area contributed by atoms with Crippen molar-refractivity contribution in [2.45, 2.75) is 27.3 Å². The Morgan fingerprint density at radius 2 is 2.12 bits per heavy atom. The zero-order valence-corrected chi connectivity index (χ0v) is 11.7. The first-order chi connectivity index (χ1) is 7.47. The molecule has 0 radical (unpaired) electrons. The smallest absolute Gasteiger partial charge is 0.0300 e. The van der Waals surface area contributed by atoms with Crippen molar-refractivity contribution in [1.29, 1.82) is 0 Å². The molecule has 0 fully saturated rings. The van der Waals surface area contributed by atoms with Crippen LogP contribution in [-0.2, 0) is 6.54 Å². The third-order valence-electron chi connectivity index (χ3n) is 2.29. The van der Waals surface area contributed by atoms with Gasteiger partial charge in [0.05, 0.1) is 0 Å². The normalized spacial score (nSPS) is 12.3. The lowest BCUT2D eigenvalue weighted by atomic mass is 9.96. The molecular formula is C13H24N2S. The molecule has 0 aliphatic heterocycles. The average molecular weight is 240 g/mol. The zero-order valence-electron chi connectivity index (χ0n) is 10.9. The monoisotopic (exact) mass is 240 g/mol. The van der Waals surface area contributed by atoms with Crippen LogP contribution in [-0.4, -0.2) is 31.6 Å². The molecule has 0 unspecified atom stereocenters. The Morgan fingerprint density at radius 3 is 2.69 bits per heavy atom. The number of nitrogens with one attached hydrogen (secondary N) is 1. The van der Waals surface area contributed by atoms with E-state index in [9.17, 15) is 0 Å². The molecule has 16 heavy (non-hydrogen) atoms. The number of thiophene rings is 1. The Labute approximate surface area is 104 Å². The fraction of sp³-hybridized carbons (Fsp3) is 0.692. The van der Waals surface area contributed by atoms with E-state index in [-0.39, 0.29) is 0 Å². The Kier molecular flexibility index (Phi) is 5.46. The lowest BCUT2D eigenvalue weighted by Gasteiger charge is -2.26. The van der Waals surface area contributed by atoms with Crippen molar-refractivity contribution in [3.63, 3.8) is 0 Å². The highest BCUT2D eigenvalue weighted by Gasteiger charge is 2.12. The first-order valence-corrected chi connectivity index (χ1v) is 6.77. The van der Waals surface area contributed by atoms with Crippen LogP contribution in [0.5, 0.6) is 0 Å². The van der Waals surface area contributed by atoms with E-state index >= 15 is 0 Å². The van der Waals surface area contributed by atoms with Gasteiger partial charge in [0, 0.05) is 31.1 Å². The predicted octanol–water partition coefficient (Wildman–Crippen LogP) is 2.82. The van der Waals surface area contributed by atoms with Crippen molar-refractivity contribution in [3.05, 3.63) is 22.4 Å². The number of hydrogen-bond donors (Lipinski definition) is 1. The van der Waals surface area contributed by atoms with Crippen LogP contribution >= 0.6 is 11.3 Å². The van der Waals surface area contributed by atoms with Crippen LogP contribution in [0.4, 0.5) is 0 Å². The van der Waals surface area contributed by atoms with Gasteiger partial charge >= 0.3 is 0 Å². The summed E-state index contributed by atoms with van der Waals surface area (Å²) in [6.07, 6.45) is 0. The van der Waals surface area contributed by atoms with E-state index in [1.807, 2.05) is 11.3 Å². The minimum absolute atomic E-state index is 0.391. The summed E-state index contributed by atoms with van der Waals surface area (Å²) < 4.78 is 0. The van der Waals surface area contributed by atoms with Gasteiger partial charge in [-0.3, -0.25) is 0 Å². The molecule has 0 aromatic carbocycles. The van der Waals surface area contributed by atoms with E-state index in [0.29, 0.717) is 5.41 Å². The molecule has 0 atom stereocenters. The van der Waals surface area contributed by atoms with Gasteiger partial charge in [-0.05, 0) is 23.9 Å². The van der Waals surface area contributed by atoms with Gasteiger partial charge < -0.3 is 10.2 Å². The first kappa shape index (κ1) is 13.7. The number of rotatable bonds is 6. The second-order valence-electron chi connectivity index (χ2n) is 5.55. The highest BCUT2D eigenvalue weighted by Crippen LogP contribution is 2.13. The molecule has 0 saturated heterocycles. The van der Waals surface area contributed by atoms with Crippen LogP contribution in [0.15, 0.2) is 17.5 Å². The molecule has 0 saturated carbocycles. The third kappa shape index (κ3) is 6.26.